The maximum Gasteiger partial charge on any atom is 0.322 e. The summed E-state index contributed by atoms with van der Waals surface area (Å²) in [6, 6.07) is 7.23. The number of carbonyl (C=O) groups is 1. The fourth-order valence-corrected chi connectivity index (χ4v) is 2.64. The van der Waals surface area contributed by atoms with Gasteiger partial charge in [0.05, 0.1) is 18.4 Å². The molecule has 7 nitrogen and oxygen atoms in total. The molecule has 1 fully saturated rings. The van der Waals surface area contributed by atoms with Gasteiger partial charge in [-0.1, -0.05) is 0 Å². The molecule has 3 heterocycles. The van der Waals surface area contributed by atoms with Gasteiger partial charge in [0.15, 0.2) is 11.6 Å². The molecule has 0 aromatic carbocycles. The van der Waals surface area contributed by atoms with Crippen LogP contribution in [-0.4, -0.2) is 54.2 Å². The molecular weight excluding hydrogens is 306 g/mol. The summed E-state index contributed by atoms with van der Waals surface area (Å²) in [5.74, 6) is 1.53. The topological polar surface area (TPSA) is 70.6 Å². The number of aromatic nitrogens is 2. The van der Waals surface area contributed by atoms with E-state index in [1.54, 1.807) is 29.6 Å². The summed E-state index contributed by atoms with van der Waals surface area (Å²) in [7, 11) is 3.86. The number of ether oxygens (including phenoxy) is 1. The van der Waals surface area contributed by atoms with Crippen molar-refractivity contribution >= 4 is 17.5 Å². The first-order valence-electron chi connectivity index (χ1n) is 7.88. The lowest BCUT2D eigenvalue weighted by molar-refractivity contribution is 0.195. The van der Waals surface area contributed by atoms with Crippen molar-refractivity contribution in [2.75, 3.05) is 37.4 Å². The predicted octanol–water partition coefficient (Wildman–Crippen LogP) is 2.23. The highest BCUT2D eigenvalue weighted by molar-refractivity contribution is 5.89. The molecule has 2 amide bonds. The number of urea groups is 1. The van der Waals surface area contributed by atoms with Crippen LogP contribution in [0.2, 0.25) is 0 Å². The van der Waals surface area contributed by atoms with E-state index in [0.717, 1.165) is 18.0 Å². The van der Waals surface area contributed by atoms with E-state index in [-0.39, 0.29) is 12.1 Å². The second kappa shape index (κ2) is 7.16. The van der Waals surface area contributed by atoms with Crippen molar-refractivity contribution in [2.45, 2.75) is 12.5 Å². The number of amides is 2. The van der Waals surface area contributed by atoms with Crippen LogP contribution in [0.4, 0.5) is 16.3 Å². The zero-order valence-corrected chi connectivity index (χ0v) is 13.8. The Morgan fingerprint density at radius 2 is 2.17 bits per heavy atom. The standard InChI is InChI=1S/C17H21N5O2/c1-21(2)16-15(6-4-9-19-16)24-14-7-10-22(12-14)17(23)20-13-5-3-8-18-11-13/h3-6,8-9,11,14H,7,10,12H2,1-2H3,(H,20,23)/t14-/m1/s1. The monoisotopic (exact) mass is 327 g/mol. The highest BCUT2D eigenvalue weighted by atomic mass is 16.5. The Balaban J connectivity index is 1.59. The van der Waals surface area contributed by atoms with Crippen molar-refractivity contribution < 1.29 is 9.53 Å². The van der Waals surface area contributed by atoms with Crippen molar-refractivity contribution in [3.05, 3.63) is 42.9 Å². The third-order valence-corrected chi connectivity index (χ3v) is 3.81. The molecule has 7 heteroatoms. The zero-order chi connectivity index (χ0) is 16.9. The lowest BCUT2D eigenvalue weighted by atomic mass is 10.3. The van der Waals surface area contributed by atoms with E-state index in [1.165, 1.54) is 0 Å². The fraction of sp³-hybridized carbons (Fsp3) is 0.353. The van der Waals surface area contributed by atoms with Gasteiger partial charge >= 0.3 is 6.03 Å². The second-order valence-corrected chi connectivity index (χ2v) is 5.87. The van der Waals surface area contributed by atoms with Crippen LogP contribution in [0.5, 0.6) is 5.75 Å². The SMILES string of the molecule is CN(C)c1ncccc1O[C@@H]1CCN(C(=O)Nc2cccnc2)C1. The Morgan fingerprint density at radius 3 is 2.92 bits per heavy atom. The number of pyridine rings is 2. The summed E-state index contributed by atoms with van der Waals surface area (Å²) in [5.41, 5.74) is 0.689. The van der Waals surface area contributed by atoms with E-state index in [1.807, 2.05) is 37.2 Å². The molecule has 0 unspecified atom stereocenters. The van der Waals surface area contributed by atoms with Crippen LogP contribution in [0, 0.1) is 0 Å². The lowest BCUT2D eigenvalue weighted by Gasteiger charge is -2.20. The van der Waals surface area contributed by atoms with Crippen molar-refractivity contribution in [3.63, 3.8) is 0 Å². The first kappa shape index (κ1) is 16.0. The van der Waals surface area contributed by atoms with Crippen LogP contribution in [0.25, 0.3) is 0 Å². The number of anilines is 2. The van der Waals surface area contributed by atoms with E-state index in [0.29, 0.717) is 18.8 Å². The van der Waals surface area contributed by atoms with Crippen LogP contribution in [0.3, 0.4) is 0 Å². The van der Waals surface area contributed by atoms with Crippen LogP contribution >= 0.6 is 0 Å². The minimum absolute atomic E-state index is 0.0347. The maximum absolute atomic E-state index is 12.3. The molecule has 0 aliphatic carbocycles. The quantitative estimate of drug-likeness (QED) is 0.932. The van der Waals surface area contributed by atoms with E-state index in [2.05, 4.69) is 15.3 Å². The predicted molar refractivity (Wildman–Crippen MR) is 92.4 cm³/mol. The molecule has 1 aliphatic heterocycles. The molecule has 1 atom stereocenters. The molecule has 1 aliphatic rings. The number of rotatable bonds is 4. The normalized spacial score (nSPS) is 16.8. The number of nitrogens with zero attached hydrogens (tertiary/aromatic N) is 4. The van der Waals surface area contributed by atoms with Crippen molar-refractivity contribution in [3.8, 4) is 5.75 Å². The molecule has 0 radical (unpaired) electrons. The first-order chi connectivity index (χ1) is 11.6. The summed E-state index contributed by atoms with van der Waals surface area (Å²) >= 11 is 0. The third kappa shape index (κ3) is 3.73. The minimum atomic E-state index is -0.131. The van der Waals surface area contributed by atoms with Gasteiger partial charge in [-0.15, -0.1) is 0 Å². The van der Waals surface area contributed by atoms with Gasteiger partial charge in [0, 0.05) is 39.5 Å². The molecular formula is C17H21N5O2. The number of likely N-dealkylation sites (tertiary alicyclic amines) is 1. The molecule has 1 saturated heterocycles. The molecule has 0 spiro atoms. The Morgan fingerprint density at radius 1 is 1.33 bits per heavy atom. The van der Waals surface area contributed by atoms with Crippen molar-refractivity contribution in [1.82, 2.24) is 14.9 Å². The molecule has 0 bridgehead atoms. The van der Waals surface area contributed by atoms with Gasteiger partial charge in [0.1, 0.15) is 6.10 Å². The maximum atomic E-state index is 12.3. The number of hydrogen-bond acceptors (Lipinski definition) is 5. The number of nitrogens with one attached hydrogen (secondary N) is 1. The highest BCUT2D eigenvalue weighted by Gasteiger charge is 2.28. The average Bonchev–Trinajstić information content (AvgIpc) is 3.05. The third-order valence-electron chi connectivity index (χ3n) is 3.81. The molecule has 126 valence electrons. The van der Waals surface area contributed by atoms with E-state index in [9.17, 15) is 4.79 Å². The van der Waals surface area contributed by atoms with Crippen molar-refractivity contribution in [2.24, 2.45) is 0 Å². The van der Waals surface area contributed by atoms with Crippen LogP contribution < -0.4 is 15.0 Å². The minimum Gasteiger partial charge on any atom is -0.485 e. The molecule has 24 heavy (non-hydrogen) atoms. The Bertz CT molecular complexity index is 692. The van der Waals surface area contributed by atoms with Gasteiger partial charge in [0.2, 0.25) is 0 Å². The molecule has 2 aromatic rings. The molecule has 1 N–H and O–H groups in total. The van der Waals surface area contributed by atoms with Crippen LogP contribution in [0.15, 0.2) is 42.9 Å². The van der Waals surface area contributed by atoms with Gasteiger partial charge in [-0.25, -0.2) is 9.78 Å². The summed E-state index contributed by atoms with van der Waals surface area (Å²) in [5, 5.41) is 2.85. The largest absolute Gasteiger partial charge is 0.485 e. The zero-order valence-electron chi connectivity index (χ0n) is 13.8. The second-order valence-electron chi connectivity index (χ2n) is 5.87. The smallest absolute Gasteiger partial charge is 0.322 e. The molecule has 2 aromatic heterocycles. The average molecular weight is 327 g/mol. The Labute approximate surface area is 141 Å². The van der Waals surface area contributed by atoms with Crippen LogP contribution in [0.1, 0.15) is 6.42 Å². The van der Waals surface area contributed by atoms with Gasteiger partial charge < -0.3 is 19.9 Å². The number of carbonyl (C=O) groups excluding carboxylic acids is 1. The van der Waals surface area contributed by atoms with E-state index in [4.69, 9.17) is 4.74 Å². The van der Waals surface area contributed by atoms with Crippen LogP contribution in [-0.2, 0) is 0 Å². The lowest BCUT2D eigenvalue weighted by Crippen LogP contribution is -2.34. The highest BCUT2D eigenvalue weighted by Crippen LogP contribution is 2.26. The summed E-state index contributed by atoms with van der Waals surface area (Å²) < 4.78 is 6.06. The van der Waals surface area contributed by atoms with Gasteiger partial charge in [-0.2, -0.15) is 0 Å². The van der Waals surface area contributed by atoms with E-state index < -0.39 is 0 Å². The first-order valence-corrected chi connectivity index (χ1v) is 7.88. The Hall–Kier alpha value is -2.83. The van der Waals surface area contributed by atoms with Crippen molar-refractivity contribution in [1.29, 1.82) is 0 Å². The van der Waals surface area contributed by atoms with Gasteiger partial charge in [-0.05, 0) is 24.3 Å². The van der Waals surface area contributed by atoms with Gasteiger partial charge in [-0.3, -0.25) is 4.98 Å². The summed E-state index contributed by atoms with van der Waals surface area (Å²) in [4.78, 5) is 24.3. The summed E-state index contributed by atoms with van der Waals surface area (Å²) in [6.45, 7) is 1.21. The number of hydrogen-bond donors (Lipinski definition) is 1. The van der Waals surface area contributed by atoms with Gasteiger partial charge in [0.25, 0.3) is 0 Å². The molecule has 0 saturated carbocycles. The Kier molecular flexibility index (Phi) is 4.79. The molecule has 3 rings (SSSR count). The van der Waals surface area contributed by atoms with E-state index >= 15 is 0 Å². The fourth-order valence-electron chi connectivity index (χ4n) is 2.64. The summed E-state index contributed by atoms with van der Waals surface area (Å²) in [6.07, 6.45) is 5.80.